The summed E-state index contributed by atoms with van der Waals surface area (Å²) in [7, 11) is -2.68. The lowest BCUT2D eigenvalue weighted by Gasteiger charge is -2.27. The Morgan fingerprint density at radius 2 is 1.86 bits per heavy atom. The Hall–Kier alpha value is -2.00. The average molecular weight is 442 g/mol. The molecule has 2 aromatic carbocycles. The molecule has 1 N–H and O–H groups in total. The Bertz CT molecular complexity index is 949. The largest absolute Gasteiger partial charge is 0.325 e. The molecule has 0 bridgehead atoms. The van der Waals surface area contributed by atoms with Crippen LogP contribution in [-0.4, -0.2) is 43.1 Å². The number of rotatable bonds is 9. The van der Waals surface area contributed by atoms with E-state index in [1.807, 2.05) is 26.0 Å². The minimum atomic E-state index is -4.01. The maximum Gasteiger partial charge on any atom is 0.282 e. The van der Waals surface area contributed by atoms with Gasteiger partial charge in [-0.1, -0.05) is 42.8 Å². The number of para-hydroxylation sites is 1. The molecule has 9 heteroatoms. The standard InChI is InChI=1S/C20H25ClFN3O3S/c1-4-12-25(14-20(26)23-19-11-6-5-8-15(19)2)29(27,28)24(3)13-16-17(21)9-7-10-18(16)22/h5-11H,4,12-14H2,1-3H3,(H,23,26). The molecule has 0 heterocycles. The van der Waals surface area contributed by atoms with Crippen LogP contribution < -0.4 is 5.32 Å². The topological polar surface area (TPSA) is 69.7 Å². The Labute approximate surface area is 176 Å². The van der Waals surface area contributed by atoms with Crippen molar-refractivity contribution in [2.24, 2.45) is 0 Å². The van der Waals surface area contributed by atoms with Gasteiger partial charge in [0.05, 0.1) is 6.54 Å². The molecule has 0 aliphatic carbocycles. The zero-order chi connectivity index (χ0) is 21.6. The highest BCUT2D eigenvalue weighted by Gasteiger charge is 2.29. The normalized spacial score (nSPS) is 11.8. The summed E-state index contributed by atoms with van der Waals surface area (Å²) < 4.78 is 42.1. The minimum absolute atomic E-state index is 0.0843. The molecular formula is C20H25ClFN3O3S. The van der Waals surface area contributed by atoms with Crippen molar-refractivity contribution >= 4 is 33.4 Å². The number of anilines is 1. The predicted molar refractivity (Wildman–Crippen MR) is 113 cm³/mol. The van der Waals surface area contributed by atoms with Gasteiger partial charge in [-0.2, -0.15) is 17.0 Å². The minimum Gasteiger partial charge on any atom is -0.325 e. The van der Waals surface area contributed by atoms with Crippen LogP contribution >= 0.6 is 11.6 Å². The highest BCUT2D eigenvalue weighted by molar-refractivity contribution is 7.86. The first-order valence-corrected chi connectivity index (χ1v) is 10.9. The van der Waals surface area contributed by atoms with E-state index in [2.05, 4.69) is 5.32 Å². The SMILES string of the molecule is CCCN(CC(=O)Nc1ccccc1C)S(=O)(=O)N(C)Cc1c(F)cccc1Cl. The number of nitrogens with one attached hydrogen (secondary N) is 1. The lowest BCUT2D eigenvalue weighted by Crippen LogP contribution is -2.45. The van der Waals surface area contributed by atoms with Crippen molar-refractivity contribution in [3.63, 3.8) is 0 Å². The molecule has 2 aromatic rings. The van der Waals surface area contributed by atoms with Crippen molar-refractivity contribution in [2.75, 3.05) is 25.5 Å². The summed E-state index contributed by atoms with van der Waals surface area (Å²) in [6, 6.07) is 11.4. The number of nitrogens with zero attached hydrogens (tertiary/aromatic N) is 2. The van der Waals surface area contributed by atoms with E-state index in [-0.39, 0.29) is 30.2 Å². The van der Waals surface area contributed by atoms with Crippen LogP contribution in [-0.2, 0) is 21.5 Å². The summed E-state index contributed by atoms with van der Waals surface area (Å²) in [5, 5.41) is 2.88. The highest BCUT2D eigenvalue weighted by atomic mass is 35.5. The van der Waals surface area contributed by atoms with Crippen LogP contribution in [0.3, 0.4) is 0 Å². The molecule has 1 amide bonds. The molecule has 29 heavy (non-hydrogen) atoms. The second-order valence-electron chi connectivity index (χ2n) is 6.66. The van der Waals surface area contributed by atoms with Crippen LogP contribution in [0, 0.1) is 12.7 Å². The van der Waals surface area contributed by atoms with Crippen LogP contribution in [0.4, 0.5) is 10.1 Å². The van der Waals surface area contributed by atoms with Gasteiger partial charge in [-0.3, -0.25) is 4.79 Å². The average Bonchev–Trinajstić information content (AvgIpc) is 2.66. The Morgan fingerprint density at radius 1 is 1.17 bits per heavy atom. The molecule has 0 radical (unpaired) electrons. The van der Waals surface area contributed by atoms with Crippen LogP contribution in [0.25, 0.3) is 0 Å². The fourth-order valence-electron chi connectivity index (χ4n) is 2.77. The summed E-state index contributed by atoms with van der Waals surface area (Å²) in [5.41, 5.74) is 1.58. The van der Waals surface area contributed by atoms with E-state index in [0.29, 0.717) is 12.1 Å². The first kappa shape index (κ1) is 23.3. The Kier molecular flexibility index (Phi) is 8.15. The number of halogens is 2. The third-order valence-electron chi connectivity index (χ3n) is 4.37. The molecular weight excluding hydrogens is 417 g/mol. The van der Waals surface area contributed by atoms with Gasteiger partial charge in [0.1, 0.15) is 5.82 Å². The quantitative estimate of drug-likeness (QED) is 0.643. The number of carbonyl (C=O) groups excluding carboxylic acids is 1. The number of amides is 1. The molecule has 2 rings (SSSR count). The Morgan fingerprint density at radius 3 is 2.48 bits per heavy atom. The molecule has 0 spiro atoms. The molecule has 0 aliphatic rings. The monoisotopic (exact) mass is 441 g/mol. The molecule has 0 saturated carbocycles. The van der Waals surface area contributed by atoms with Crippen LogP contribution in [0.2, 0.25) is 5.02 Å². The van der Waals surface area contributed by atoms with E-state index >= 15 is 0 Å². The molecule has 0 saturated heterocycles. The van der Waals surface area contributed by atoms with Gasteiger partial charge in [0.15, 0.2) is 0 Å². The summed E-state index contributed by atoms with van der Waals surface area (Å²) in [5.74, 6) is -1.03. The van der Waals surface area contributed by atoms with Crippen molar-refractivity contribution in [3.05, 3.63) is 64.4 Å². The number of hydrogen-bond acceptors (Lipinski definition) is 3. The third kappa shape index (κ3) is 5.99. The van der Waals surface area contributed by atoms with Gasteiger partial charge in [0, 0.05) is 36.4 Å². The van der Waals surface area contributed by atoms with E-state index in [1.165, 1.54) is 25.2 Å². The van der Waals surface area contributed by atoms with E-state index in [0.717, 1.165) is 14.2 Å². The molecule has 158 valence electrons. The lowest BCUT2D eigenvalue weighted by molar-refractivity contribution is -0.116. The number of benzene rings is 2. The van der Waals surface area contributed by atoms with Crippen molar-refractivity contribution in [1.29, 1.82) is 0 Å². The highest BCUT2D eigenvalue weighted by Crippen LogP contribution is 2.22. The second kappa shape index (κ2) is 10.2. The van der Waals surface area contributed by atoms with E-state index in [1.54, 1.807) is 12.1 Å². The third-order valence-corrected chi connectivity index (χ3v) is 6.61. The number of carbonyl (C=O) groups is 1. The fraction of sp³-hybridized carbons (Fsp3) is 0.350. The molecule has 0 atom stereocenters. The second-order valence-corrected chi connectivity index (χ2v) is 9.10. The smallest absolute Gasteiger partial charge is 0.282 e. The van der Waals surface area contributed by atoms with Gasteiger partial charge in [0.2, 0.25) is 5.91 Å². The number of aryl methyl sites for hydroxylation is 1. The molecule has 0 aliphatic heterocycles. The van der Waals surface area contributed by atoms with E-state index < -0.39 is 21.9 Å². The zero-order valence-corrected chi connectivity index (χ0v) is 18.2. The lowest BCUT2D eigenvalue weighted by atomic mass is 10.2. The van der Waals surface area contributed by atoms with Gasteiger partial charge >= 0.3 is 0 Å². The van der Waals surface area contributed by atoms with Crippen LogP contribution in [0.15, 0.2) is 42.5 Å². The molecule has 6 nitrogen and oxygen atoms in total. The van der Waals surface area contributed by atoms with Crippen molar-refractivity contribution < 1.29 is 17.6 Å². The first-order chi connectivity index (χ1) is 13.7. The maximum absolute atomic E-state index is 14.1. The fourth-order valence-corrected chi connectivity index (χ4v) is 4.38. The molecule has 0 fully saturated rings. The van der Waals surface area contributed by atoms with Crippen LogP contribution in [0.1, 0.15) is 24.5 Å². The summed E-state index contributed by atoms with van der Waals surface area (Å²) in [6.45, 7) is 3.23. The van der Waals surface area contributed by atoms with Gasteiger partial charge in [-0.05, 0) is 37.1 Å². The van der Waals surface area contributed by atoms with E-state index in [4.69, 9.17) is 11.6 Å². The molecule has 0 aromatic heterocycles. The van der Waals surface area contributed by atoms with Crippen molar-refractivity contribution in [2.45, 2.75) is 26.8 Å². The summed E-state index contributed by atoms with van der Waals surface area (Å²) in [6.07, 6.45) is 0.519. The van der Waals surface area contributed by atoms with Gasteiger partial charge < -0.3 is 5.32 Å². The number of hydrogen-bond donors (Lipinski definition) is 1. The summed E-state index contributed by atoms with van der Waals surface area (Å²) >= 11 is 6.01. The maximum atomic E-state index is 14.1. The van der Waals surface area contributed by atoms with Crippen LogP contribution in [0.5, 0.6) is 0 Å². The van der Waals surface area contributed by atoms with Gasteiger partial charge in [-0.15, -0.1) is 0 Å². The van der Waals surface area contributed by atoms with Crippen molar-refractivity contribution in [1.82, 2.24) is 8.61 Å². The first-order valence-electron chi connectivity index (χ1n) is 9.16. The van der Waals surface area contributed by atoms with Crippen molar-refractivity contribution in [3.8, 4) is 0 Å². The van der Waals surface area contributed by atoms with E-state index in [9.17, 15) is 17.6 Å². The molecule has 0 unspecified atom stereocenters. The zero-order valence-electron chi connectivity index (χ0n) is 16.7. The van der Waals surface area contributed by atoms with Gasteiger partial charge in [0.25, 0.3) is 10.2 Å². The Balaban J connectivity index is 2.16. The predicted octanol–water partition coefficient (Wildman–Crippen LogP) is 3.81. The summed E-state index contributed by atoms with van der Waals surface area (Å²) in [4.78, 5) is 12.5. The van der Waals surface area contributed by atoms with Gasteiger partial charge in [-0.25, -0.2) is 4.39 Å².